The monoisotopic (exact) mass is 319 g/mol. The summed E-state index contributed by atoms with van der Waals surface area (Å²) in [6.45, 7) is 1.27. The first-order valence-electron chi connectivity index (χ1n) is 6.78. The summed E-state index contributed by atoms with van der Waals surface area (Å²) in [6, 6.07) is 5.11. The van der Waals surface area contributed by atoms with Crippen LogP contribution in [0.3, 0.4) is 0 Å². The normalized spacial score (nSPS) is 11.1. The number of rotatable bonds is 4. The molecule has 0 atom stereocenters. The van der Waals surface area contributed by atoms with E-state index in [1.165, 1.54) is 17.0 Å². The third-order valence-corrected chi connectivity index (χ3v) is 3.86. The molecule has 0 amide bonds. The second-order valence-corrected chi connectivity index (χ2v) is 5.35. The molecular weight excluding hydrogens is 306 g/mol. The molecule has 0 aliphatic heterocycles. The molecule has 3 aromatic rings. The van der Waals surface area contributed by atoms with Crippen LogP contribution in [0.25, 0.3) is 10.9 Å². The lowest BCUT2D eigenvalue weighted by atomic mass is 10.2. The van der Waals surface area contributed by atoms with E-state index < -0.39 is 11.5 Å². The lowest BCUT2D eigenvalue weighted by Crippen LogP contribution is -2.21. The zero-order valence-corrected chi connectivity index (χ0v) is 12.4. The second-order valence-electron chi connectivity index (χ2n) is 4.97. The van der Waals surface area contributed by atoms with Gasteiger partial charge in [0, 0.05) is 31.5 Å². The highest BCUT2D eigenvalue weighted by Crippen LogP contribution is 2.37. The first-order chi connectivity index (χ1) is 10.6. The summed E-state index contributed by atoms with van der Waals surface area (Å²) in [6.07, 6.45) is 6.09. The van der Waals surface area contributed by atoms with Gasteiger partial charge in [0.15, 0.2) is 11.5 Å². The van der Waals surface area contributed by atoms with Crippen molar-refractivity contribution in [3.05, 3.63) is 52.3 Å². The minimum atomic E-state index is -0.502. The van der Waals surface area contributed by atoms with Crippen molar-refractivity contribution in [2.45, 2.75) is 19.5 Å². The van der Waals surface area contributed by atoms with Crippen LogP contribution >= 0.6 is 11.6 Å². The topological polar surface area (TPSA) is 80.3 Å². The molecule has 0 saturated carbocycles. The molecule has 0 aliphatic rings. The van der Waals surface area contributed by atoms with Gasteiger partial charge in [-0.25, -0.2) is 4.98 Å². The molecule has 7 heteroatoms. The molecule has 0 saturated heterocycles. The van der Waals surface area contributed by atoms with E-state index in [1.54, 1.807) is 0 Å². The Labute approximate surface area is 130 Å². The number of aromatic nitrogens is 3. The predicted molar refractivity (Wildman–Crippen MR) is 83.4 cm³/mol. The van der Waals surface area contributed by atoms with Gasteiger partial charge < -0.3 is 14.8 Å². The summed E-state index contributed by atoms with van der Waals surface area (Å²) >= 11 is 5.96. The molecule has 2 aromatic heterocycles. The standard InChI is InChI=1S/C15H14ClN3O3/c16-13-12-10(8-11(20)14(13)21)17-9-19(15(12)22)7-3-6-18-4-1-2-5-18/h1-2,4-5,8-9,20-21H,3,6-7H2. The van der Waals surface area contributed by atoms with Gasteiger partial charge in [0.1, 0.15) is 5.02 Å². The maximum absolute atomic E-state index is 12.4. The SMILES string of the molecule is O=c1c2c(Cl)c(O)c(O)cc2ncn1CCCn1cccc1. The number of fused-ring (bicyclic) bond motifs is 1. The number of phenolic OH excluding ortho intramolecular Hbond substituents is 2. The Bertz CT molecular complexity index is 872. The van der Waals surface area contributed by atoms with Crippen molar-refractivity contribution in [3.63, 3.8) is 0 Å². The largest absolute Gasteiger partial charge is 0.504 e. The van der Waals surface area contributed by atoms with Crippen molar-refractivity contribution < 1.29 is 10.2 Å². The van der Waals surface area contributed by atoms with Gasteiger partial charge in [0.2, 0.25) is 0 Å². The Morgan fingerprint density at radius 1 is 1.18 bits per heavy atom. The van der Waals surface area contributed by atoms with Crippen molar-refractivity contribution >= 4 is 22.5 Å². The minimum Gasteiger partial charge on any atom is -0.504 e. The zero-order chi connectivity index (χ0) is 15.7. The first-order valence-corrected chi connectivity index (χ1v) is 7.16. The first kappa shape index (κ1) is 14.5. The van der Waals surface area contributed by atoms with Crippen LogP contribution < -0.4 is 5.56 Å². The maximum atomic E-state index is 12.4. The summed E-state index contributed by atoms with van der Waals surface area (Å²) in [7, 11) is 0. The molecule has 0 bridgehead atoms. The van der Waals surface area contributed by atoms with Crippen molar-refractivity contribution in [2.24, 2.45) is 0 Å². The van der Waals surface area contributed by atoms with Crippen LogP contribution in [0, 0.1) is 0 Å². The predicted octanol–water partition coefficient (Wildman–Crippen LogP) is 2.35. The van der Waals surface area contributed by atoms with Gasteiger partial charge in [0.25, 0.3) is 5.56 Å². The quantitative estimate of drug-likeness (QED) is 0.723. The van der Waals surface area contributed by atoms with Gasteiger partial charge in [0.05, 0.1) is 17.2 Å². The highest BCUT2D eigenvalue weighted by molar-refractivity contribution is 6.37. The van der Waals surface area contributed by atoms with Gasteiger partial charge >= 0.3 is 0 Å². The van der Waals surface area contributed by atoms with Crippen molar-refractivity contribution in [1.82, 2.24) is 14.1 Å². The van der Waals surface area contributed by atoms with Crippen LogP contribution in [0.4, 0.5) is 0 Å². The summed E-state index contributed by atoms with van der Waals surface area (Å²) in [5.41, 5.74) is -0.0789. The average molecular weight is 320 g/mol. The molecule has 6 nitrogen and oxygen atoms in total. The Kier molecular flexibility index (Phi) is 3.77. The smallest absolute Gasteiger partial charge is 0.262 e. The molecule has 114 valence electrons. The van der Waals surface area contributed by atoms with Crippen molar-refractivity contribution in [2.75, 3.05) is 0 Å². The number of nitrogens with zero attached hydrogens (tertiary/aromatic N) is 3. The molecular formula is C15H14ClN3O3. The van der Waals surface area contributed by atoms with Crippen LogP contribution in [0.2, 0.25) is 5.02 Å². The van der Waals surface area contributed by atoms with Gasteiger partial charge in [-0.3, -0.25) is 9.36 Å². The fourth-order valence-electron chi connectivity index (χ4n) is 2.35. The Morgan fingerprint density at radius 3 is 2.64 bits per heavy atom. The van der Waals surface area contributed by atoms with E-state index in [-0.39, 0.29) is 21.5 Å². The summed E-state index contributed by atoms with van der Waals surface area (Å²) in [4.78, 5) is 16.6. The number of hydrogen-bond donors (Lipinski definition) is 2. The number of hydrogen-bond acceptors (Lipinski definition) is 4. The van der Waals surface area contributed by atoms with Crippen molar-refractivity contribution in [3.8, 4) is 11.5 Å². The molecule has 2 heterocycles. The van der Waals surface area contributed by atoms with Crippen molar-refractivity contribution in [1.29, 1.82) is 0 Å². The molecule has 0 aliphatic carbocycles. The summed E-state index contributed by atoms with van der Waals surface area (Å²) < 4.78 is 3.48. The highest BCUT2D eigenvalue weighted by atomic mass is 35.5. The Hall–Kier alpha value is -2.47. The van der Waals surface area contributed by atoms with E-state index in [0.717, 1.165) is 13.0 Å². The number of phenols is 2. The Balaban J connectivity index is 1.91. The molecule has 0 fully saturated rings. The number of halogens is 1. The van der Waals surface area contributed by atoms with Crippen LogP contribution in [-0.2, 0) is 13.1 Å². The number of aromatic hydroxyl groups is 2. The van der Waals surface area contributed by atoms with Gasteiger partial charge in [-0.2, -0.15) is 0 Å². The van der Waals surface area contributed by atoms with Crippen LogP contribution in [-0.4, -0.2) is 24.3 Å². The lowest BCUT2D eigenvalue weighted by Gasteiger charge is -2.09. The molecule has 22 heavy (non-hydrogen) atoms. The average Bonchev–Trinajstić information content (AvgIpc) is 3.00. The molecule has 0 spiro atoms. The van der Waals surface area contributed by atoms with E-state index in [0.29, 0.717) is 6.54 Å². The van der Waals surface area contributed by atoms with Gasteiger partial charge in [-0.05, 0) is 18.6 Å². The maximum Gasteiger partial charge on any atom is 0.262 e. The molecule has 0 unspecified atom stereocenters. The van der Waals surface area contributed by atoms with E-state index in [9.17, 15) is 15.0 Å². The summed E-state index contributed by atoms with van der Waals surface area (Å²) in [5.74, 6) is -0.895. The summed E-state index contributed by atoms with van der Waals surface area (Å²) in [5, 5.41) is 19.1. The highest BCUT2D eigenvalue weighted by Gasteiger charge is 2.15. The molecule has 3 rings (SSSR count). The van der Waals surface area contributed by atoms with E-state index in [1.807, 2.05) is 29.1 Å². The van der Waals surface area contributed by atoms with Gasteiger partial charge in [-0.1, -0.05) is 11.6 Å². The molecule has 0 radical (unpaired) electrons. The second kappa shape index (κ2) is 5.73. The van der Waals surface area contributed by atoms with Crippen LogP contribution in [0.15, 0.2) is 41.7 Å². The van der Waals surface area contributed by atoms with E-state index in [4.69, 9.17) is 11.6 Å². The lowest BCUT2D eigenvalue weighted by molar-refractivity contribution is 0.405. The zero-order valence-electron chi connectivity index (χ0n) is 11.6. The molecule has 1 aromatic carbocycles. The minimum absolute atomic E-state index is 0.112. The number of benzene rings is 1. The van der Waals surface area contributed by atoms with Gasteiger partial charge in [-0.15, -0.1) is 0 Å². The molecule has 2 N–H and O–H groups in total. The number of aryl methyl sites for hydroxylation is 2. The fourth-order valence-corrected chi connectivity index (χ4v) is 2.62. The van der Waals surface area contributed by atoms with Crippen LogP contribution in [0.1, 0.15) is 6.42 Å². The van der Waals surface area contributed by atoms with E-state index in [2.05, 4.69) is 4.98 Å². The third-order valence-electron chi connectivity index (χ3n) is 3.49. The Morgan fingerprint density at radius 2 is 1.91 bits per heavy atom. The fraction of sp³-hybridized carbons (Fsp3) is 0.200. The van der Waals surface area contributed by atoms with Crippen LogP contribution in [0.5, 0.6) is 11.5 Å². The third kappa shape index (κ3) is 2.53. The van der Waals surface area contributed by atoms with E-state index >= 15 is 0 Å².